The summed E-state index contributed by atoms with van der Waals surface area (Å²) in [4.78, 5) is 32.4. The molecule has 188 valence electrons. The molecule has 2 aliphatic rings. The molecule has 5 heterocycles. The first-order chi connectivity index (χ1) is 16.1. The van der Waals surface area contributed by atoms with Crippen LogP contribution in [-0.4, -0.2) is 63.0 Å². The number of pyridine rings is 1. The summed E-state index contributed by atoms with van der Waals surface area (Å²) in [6.07, 6.45) is 0.0315. The summed E-state index contributed by atoms with van der Waals surface area (Å²) < 4.78 is 52.6. The van der Waals surface area contributed by atoms with Crippen LogP contribution in [-0.2, 0) is 10.9 Å². The van der Waals surface area contributed by atoms with E-state index in [9.17, 15) is 22.8 Å². The van der Waals surface area contributed by atoms with Gasteiger partial charge in [-0.25, -0.2) is 9.78 Å². The minimum Gasteiger partial charge on any atom is -0.472 e. The number of rotatable bonds is 3. The highest BCUT2D eigenvalue weighted by Gasteiger charge is 2.39. The van der Waals surface area contributed by atoms with Gasteiger partial charge in [-0.05, 0) is 31.9 Å². The van der Waals surface area contributed by atoms with Crippen molar-refractivity contribution in [3.63, 3.8) is 0 Å². The van der Waals surface area contributed by atoms with Crippen LogP contribution < -0.4 is 0 Å². The lowest BCUT2D eigenvalue weighted by molar-refractivity contribution is -0.136. The summed E-state index contributed by atoms with van der Waals surface area (Å²) in [6.45, 7) is 2.86. The smallest absolute Gasteiger partial charge is 0.420 e. The number of cyclic esters (lactones) is 1. The molecule has 0 unspecified atom stereocenters. The first-order valence-electron chi connectivity index (χ1n) is 10.7. The first kappa shape index (κ1) is 24.9. The minimum absolute atomic E-state index is 0. The van der Waals surface area contributed by atoms with Gasteiger partial charge in [0.1, 0.15) is 11.8 Å². The molecule has 2 fully saturated rings. The number of ether oxygens (including phenoxy) is 1. The average molecular weight is 513 g/mol. The SMILES string of the molecule is C.C[C@@H]1COC(=O)N1C1CCN(C(=O)c2nc3c(C(F)(F)F)cc(-c4ccoc4)cn3c2Cl)CC1. The van der Waals surface area contributed by atoms with Gasteiger partial charge in [0.2, 0.25) is 0 Å². The van der Waals surface area contributed by atoms with Crippen LogP contribution in [0.15, 0.2) is 35.3 Å². The Labute approximate surface area is 204 Å². The number of furan rings is 1. The third kappa shape index (κ3) is 4.33. The van der Waals surface area contributed by atoms with Gasteiger partial charge in [0, 0.05) is 36.5 Å². The van der Waals surface area contributed by atoms with Gasteiger partial charge in [-0.2, -0.15) is 13.2 Å². The number of alkyl halides is 3. The normalized spacial score (nSPS) is 19.2. The van der Waals surface area contributed by atoms with Gasteiger partial charge in [0.25, 0.3) is 5.91 Å². The number of amides is 2. The van der Waals surface area contributed by atoms with Crippen molar-refractivity contribution in [1.29, 1.82) is 0 Å². The maximum absolute atomic E-state index is 13.8. The van der Waals surface area contributed by atoms with Crippen molar-refractivity contribution in [2.75, 3.05) is 19.7 Å². The number of imidazole rings is 1. The van der Waals surface area contributed by atoms with Crippen LogP contribution in [0.2, 0.25) is 5.15 Å². The number of fused-ring (bicyclic) bond motifs is 1. The van der Waals surface area contributed by atoms with Crippen molar-refractivity contribution in [1.82, 2.24) is 19.2 Å². The molecule has 2 aliphatic heterocycles. The predicted molar refractivity (Wildman–Crippen MR) is 121 cm³/mol. The molecule has 0 aliphatic carbocycles. The zero-order valence-electron chi connectivity index (χ0n) is 18.0. The lowest BCUT2D eigenvalue weighted by Gasteiger charge is -2.36. The molecule has 0 bridgehead atoms. The molecule has 35 heavy (non-hydrogen) atoms. The fourth-order valence-electron chi connectivity index (χ4n) is 4.58. The molecule has 2 saturated heterocycles. The Hall–Kier alpha value is -3.21. The number of nitrogens with zero attached hydrogens (tertiary/aromatic N) is 4. The highest BCUT2D eigenvalue weighted by Crippen LogP contribution is 2.37. The molecule has 1 atom stereocenters. The van der Waals surface area contributed by atoms with E-state index >= 15 is 0 Å². The summed E-state index contributed by atoms with van der Waals surface area (Å²) in [5.74, 6) is -0.554. The fourth-order valence-corrected chi connectivity index (χ4v) is 4.83. The van der Waals surface area contributed by atoms with Crippen LogP contribution in [0.1, 0.15) is 43.2 Å². The van der Waals surface area contributed by atoms with Crippen LogP contribution >= 0.6 is 11.6 Å². The highest BCUT2D eigenvalue weighted by molar-refractivity contribution is 6.33. The largest absolute Gasteiger partial charge is 0.472 e. The standard InChI is InChI=1S/C22H20ClF3N4O4.CH4/c1-12-10-34-21(32)30(12)15-2-5-28(6-3-15)20(31)17-18(23)29-9-14(13-4-7-33-11-13)8-16(19(29)27-17)22(24,25)26;/h4,7-9,11-12,15H,2-3,5-6,10H2,1H3;1H4/t12-;/m1./s1. The summed E-state index contributed by atoms with van der Waals surface area (Å²) in [5.41, 5.74) is -1.05. The summed E-state index contributed by atoms with van der Waals surface area (Å²) in [6, 6.07) is 2.37. The lowest BCUT2D eigenvalue weighted by Crippen LogP contribution is -2.49. The topological polar surface area (TPSA) is 80.3 Å². The number of piperidine rings is 1. The number of likely N-dealkylation sites (tertiary alicyclic amines) is 1. The third-order valence-corrected chi connectivity index (χ3v) is 6.66. The van der Waals surface area contributed by atoms with Crippen molar-refractivity contribution in [3.05, 3.63) is 47.3 Å². The first-order valence-corrected chi connectivity index (χ1v) is 11.1. The number of hydrogen-bond donors (Lipinski definition) is 0. The number of hydrogen-bond acceptors (Lipinski definition) is 5. The second-order valence-corrected chi connectivity index (χ2v) is 8.81. The predicted octanol–water partition coefficient (Wildman–Crippen LogP) is 5.35. The van der Waals surface area contributed by atoms with E-state index in [-0.39, 0.29) is 42.0 Å². The Balaban J connectivity index is 0.00000289. The zero-order valence-corrected chi connectivity index (χ0v) is 18.8. The molecule has 3 aromatic rings. The fraction of sp³-hybridized carbons (Fsp3) is 0.435. The number of aromatic nitrogens is 2. The summed E-state index contributed by atoms with van der Waals surface area (Å²) in [5, 5.41) is -0.199. The molecule has 0 aromatic carbocycles. The van der Waals surface area contributed by atoms with E-state index in [1.54, 1.807) is 4.90 Å². The van der Waals surface area contributed by atoms with E-state index in [0.717, 1.165) is 10.5 Å². The van der Waals surface area contributed by atoms with Crippen molar-refractivity contribution in [2.24, 2.45) is 0 Å². The van der Waals surface area contributed by atoms with Crippen LogP contribution in [0.5, 0.6) is 0 Å². The molecule has 8 nitrogen and oxygen atoms in total. The van der Waals surface area contributed by atoms with Gasteiger partial charge >= 0.3 is 12.3 Å². The summed E-state index contributed by atoms with van der Waals surface area (Å²) in [7, 11) is 0. The van der Waals surface area contributed by atoms with Crippen LogP contribution in [0, 0.1) is 0 Å². The second-order valence-electron chi connectivity index (χ2n) is 8.45. The van der Waals surface area contributed by atoms with Crippen molar-refractivity contribution < 1.29 is 31.9 Å². The lowest BCUT2D eigenvalue weighted by atomic mass is 10.0. The molecule has 0 spiro atoms. The van der Waals surface area contributed by atoms with Gasteiger partial charge in [0.15, 0.2) is 11.3 Å². The van der Waals surface area contributed by atoms with E-state index in [0.29, 0.717) is 38.1 Å². The van der Waals surface area contributed by atoms with E-state index < -0.39 is 23.3 Å². The Bertz CT molecular complexity index is 1250. The van der Waals surface area contributed by atoms with E-state index in [1.165, 1.54) is 29.7 Å². The van der Waals surface area contributed by atoms with Crippen LogP contribution in [0.3, 0.4) is 0 Å². The minimum atomic E-state index is -4.71. The van der Waals surface area contributed by atoms with E-state index in [1.807, 2.05) is 6.92 Å². The molecule has 0 radical (unpaired) electrons. The summed E-state index contributed by atoms with van der Waals surface area (Å²) >= 11 is 6.39. The second kappa shape index (κ2) is 9.10. The van der Waals surface area contributed by atoms with Crippen molar-refractivity contribution >= 4 is 29.2 Å². The highest BCUT2D eigenvalue weighted by atomic mass is 35.5. The van der Waals surface area contributed by atoms with Crippen LogP contribution in [0.4, 0.5) is 18.0 Å². The molecular weight excluding hydrogens is 489 g/mol. The molecule has 3 aromatic heterocycles. The van der Waals surface area contributed by atoms with Gasteiger partial charge < -0.3 is 14.1 Å². The van der Waals surface area contributed by atoms with E-state index in [4.69, 9.17) is 20.8 Å². The number of halogens is 4. The maximum Gasteiger partial charge on any atom is 0.420 e. The van der Waals surface area contributed by atoms with Crippen LogP contribution in [0.25, 0.3) is 16.8 Å². The van der Waals surface area contributed by atoms with Crippen molar-refractivity contribution in [2.45, 2.75) is 45.5 Å². The quantitative estimate of drug-likeness (QED) is 0.473. The van der Waals surface area contributed by atoms with E-state index in [2.05, 4.69) is 4.98 Å². The average Bonchev–Trinajstić information content (AvgIpc) is 3.52. The van der Waals surface area contributed by atoms with Gasteiger partial charge in [-0.3, -0.25) is 14.1 Å². The molecule has 12 heteroatoms. The van der Waals surface area contributed by atoms with Crippen molar-refractivity contribution in [3.8, 4) is 11.1 Å². The molecule has 5 rings (SSSR count). The monoisotopic (exact) mass is 512 g/mol. The Kier molecular flexibility index (Phi) is 6.48. The number of carbonyl (C=O) groups excluding carboxylic acids is 2. The number of carbonyl (C=O) groups is 2. The van der Waals surface area contributed by atoms with Gasteiger partial charge in [0.05, 0.1) is 24.1 Å². The Morgan fingerprint density at radius 3 is 2.51 bits per heavy atom. The molecule has 0 N–H and O–H groups in total. The molecule has 2 amide bonds. The zero-order chi connectivity index (χ0) is 24.2. The maximum atomic E-state index is 13.8. The third-order valence-electron chi connectivity index (χ3n) is 6.30. The molecular formula is C23H24ClF3N4O4. The van der Waals surface area contributed by atoms with Gasteiger partial charge in [-0.1, -0.05) is 19.0 Å². The Morgan fingerprint density at radius 2 is 1.94 bits per heavy atom. The van der Waals surface area contributed by atoms with Gasteiger partial charge in [-0.15, -0.1) is 0 Å². The molecule has 0 saturated carbocycles. The Morgan fingerprint density at radius 1 is 1.23 bits per heavy atom.